The largest absolute Gasteiger partial charge is 0.497 e. The highest BCUT2D eigenvalue weighted by Crippen LogP contribution is 2.31. The molecule has 1 N–H and O–H groups in total. The number of rotatable bonds is 9. The van der Waals surface area contributed by atoms with E-state index in [0.29, 0.717) is 28.8 Å². The second-order valence-electron chi connectivity index (χ2n) is 7.34. The number of ether oxygens (including phenoxy) is 2. The molecule has 1 aromatic heterocycles. The highest BCUT2D eigenvalue weighted by molar-refractivity contribution is 8.00. The van der Waals surface area contributed by atoms with Crippen LogP contribution in [0, 0.1) is 0 Å². The quantitative estimate of drug-likeness (QED) is 0.479. The van der Waals surface area contributed by atoms with E-state index < -0.39 is 0 Å². The highest BCUT2D eigenvalue weighted by atomic mass is 32.2. The summed E-state index contributed by atoms with van der Waals surface area (Å²) in [6, 6.07) is 5.21. The second kappa shape index (κ2) is 9.99. The van der Waals surface area contributed by atoms with Crippen molar-refractivity contribution >= 4 is 23.4 Å². The summed E-state index contributed by atoms with van der Waals surface area (Å²) in [6.45, 7) is 1.41. The van der Waals surface area contributed by atoms with Gasteiger partial charge in [0.1, 0.15) is 16.5 Å². The monoisotopic (exact) mass is 432 g/mol. The molecule has 1 aromatic carbocycles. The fourth-order valence-electron chi connectivity index (χ4n) is 3.46. The zero-order chi connectivity index (χ0) is 21.7. The third kappa shape index (κ3) is 5.14. The Bertz CT molecular complexity index is 974. The van der Waals surface area contributed by atoms with Crippen molar-refractivity contribution in [1.29, 1.82) is 0 Å². The van der Waals surface area contributed by atoms with Crippen LogP contribution in [0.1, 0.15) is 17.7 Å². The lowest BCUT2D eigenvalue weighted by molar-refractivity contribution is -0.113. The molecule has 0 aliphatic heterocycles. The Balaban J connectivity index is 1.70. The fourth-order valence-corrected chi connectivity index (χ4v) is 4.33. The number of thioether (sulfide) groups is 1. The first-order valence-electron chi connectivity index (χ1n) is 9.85. The van der Waals surface area contributed by atoms with Crippen LogP contribution in [-0.2, 0) is 24.2 Å². The molecule has 1 aliphatic rings. The van der Waals surface area contributed by atoms with Gasteiger partial charge in [0.15, 0.2) is 0 Å². The normalized spacial score (nSPS) is 12.7. The molecule has 0 unspecified atom stereocenters. The van der Waals surface area contributed by atoms with Gasteiger partial charge in [-0.3, -0.25) is 9.36 Å². The van der Waals surface area contributed by atoms with Crippen LogP contribution in [0.15, 0.2) is 28.0 Å². The number of carbonyl (C=O) groups excluding carboxylic acids is 1. The number of likely N-dealkylation sites (N-methyl/N-ethyl adjacent to an activating group) is 1. The minimum atomic E-state index is -0.239. The molecule has 30 heavy (non-hydrogen) atoms. The SMILES string of the molecule is COc1ccc(NC(=O)CSc2nc(=O)n(CCN(C)C)c3c2CCC3)c(OC)c1. The minimum absolute atomic E-state index is 0.162. The number of methoxy groups -OCH3 is 2. The summed E-state index contributed by atoms with van der Waals surface area (Å²) in [6.07, 6.45) is 2.77. The number of anilines is 1. The van der Waals surface area contributed by atoms with Crippen molar-refractivity contribution in [2.75, 3.05) is 45.9 Å². The van der Waals surface area contributed by atoms with Crippen molar-refractivity contribution in [1.82, 2.24) is 14.5 Å². The molecule has 0 spiro atoms. The molecule has 2 aromatic rings. The number of nitrogens with one attached hydrogen (secondary N) is 1. The van der Waals surface area contributed by atoms with Crippen molar-refractivity contribution < 1.29 is 14.3 Å². The average molecular weight is 433 g/mol. The van der Waals surface area contributed by atoms with E-state index in [4.69, 9.17) is 9.47 Å². The van der Waals surface area contributed by atoms with E-state index in [2.05, 4.69) is 10.3 Å². The van der Waals surface area contributed by atoms with Crippen LogP contribution >= 0.6 is 11.8 Å². The molecule has 3 rings (SSSR count). The van der Waals surface area contributed by atoms with Crippen LogP contribution in [0.2, 0.25) is 0 Å². The standard InChI is InChI=1S/C21H28N4O4S/c1-24(2)10-11-25-17-7-5-6-15(17)20(23-21(25)27)30-13-19(26)22-16-9-8-14(28-3)12-18(16)29-4/h8-9,12H,5-7,10-11,13H2,1-4H3,(H,22,26). The number of nitrogens with zero attached hydrogens (tertiary/aromatic N) is 3. The predicted molar refractivity (Wildman–Crippen MR) is 118 cm³/mol. The first-order valence-corrected chi connectivity index (χ1v) is 10.8. The zero-order valence-electron chi connectivity index (χ0n) is 17.9. The van der Waals surface area contributed by atoms with Gasteiger partial charge < -0.3 is 19.7 Å². The maximum absolute atomic E-state index is 12.6. The molecule has 8 nitrogen and oxygen atoms in total. The first-order chi connectivity index (χ1) is 14.4. The van der Waals surface area contributed by atoms with E-state index in [1.807, 2.05) is 19.0 Å². The molecule has 1 amide bonds. The van der Waals surface area contributed by atoms with Crippen molar-refractivity contribution in [3.63, 3.8) is 0 Å². The van der Waals surface area contributed by atoms with Gasteiger partial charge in [-0.25, -0.2) is 4.79 Å². The smallest absolute Gasteiger partial charge is 0.348 e. The number of amides is 1. The molecule has 162 valence electrons. The van der Waals surface area contributed by atoms with Gasteiger partial charge >= 0.3 is 5.69 Å². The maximum Gasteiger partial charge on any atom is 0.348 e. The Kier molecular flexibility index (Phi) is 7.38. The summed E-state index contributed by atoms with van der Waals surface area (Å²) in [4.78, 5) is 31.4. The van der Waals surface area contributed by atoms with Crippen LogP contribution in [0.5, 0.6) is 11.5 Å². The summed E-state index contributed by atoms with van der Waals surface area (Å²) in [5.74, 6) is 1.15. The molecule has 0 fully saturated rings. The van der Waals surface area contributed by atoms with E-state index in [0.717, 1.165) is 37.1 Å². The zero-order valence-corrected chi connectivity index (χ0v) is 18.7. The van der Waals surface area contributed by atoms with E-state index >= 15 is 0 Å². The molecule has 0 bridgehead atoms. The van der Waals surface area contributed by atoms with Gasteiger partial charge in [-0.15, -0.1) is 0 Å². The van der Waals surface area contributed by atoms with Crippen molar-refractivity contribution in [2.24, 2.45) is 0 Å². The molecule has 0 saturated carbocycles. The van der Waals surface area contributed by atoms with Gasteiger partial charge in [0.2, 0.25) is 5.91 Å². The molecule has 0 radical (unpaired) electrons. The van der Waals surface area contributed by atoms with Crippen molar-refractivity contribution in [3.05, 3.63) is 39.9 Å². The molecule has 0 atom stereocenters. The van der Waals surface area contributed by atoms with Gasteiger partial charge in [-0.2, -0.15) is 4.98 Å². The summed E-state index contributed by atoms with van der Waals surface area (Å²) in [5, 5.41) is 3.52. The second-order valence-corrected chi connectivity index (χ2v) is 8.30. The number of aromatic nitrogens is 2. The summed E-state index contributed by atoms with van der Waals surface area (Å²) in [7, 11) is 7.08. The third-order valence-corrected chi connectivity index (χ3v) is 6.01. The van der Waals surface area contributed by atoms with E-state index in [9.17, 15) is 9.59 Å². The fraction of sp³-hybridized carbons (Fsp3) is 0.476. The van der Waals surface area contributed by atoms with Crippen LogP contribution in [0.25, 0.3) is 0 Å². The number of carbonyl (C=O) groups is 1. The van der Waals surface area contributed by atoms with Crippen LogP contribution in [0.4, 0.5) is 5.69 Å². The van der Waals surface area contributed by atoms with E-state index in [1.54, 1.807) is 29.9 Å². The predicted octanol–water partition coefficient (Wildman–Crippen LogP) is 2.04. The molecule has 9 heteroatoms. The van der Waals surface area contributed by atoms with Crippen LogP contribution < -0.4 is 20.5 Å². The van der Waals surface area contributed by atoms with Crippen molar-refractivity contribution in [2.45, 2.75) is 30.8 Å². The summed E-state index contributed by atoms with van der Waals surface area (Å²) < 4.78 is 12.3. The van der Waals surface area contributed by atoms with Crippen LogP contribution in [0.3, 0.4) is 0 Å². The molecular formula is C21H28N4O4S. The molecule has 1 heterocycles. The van der Waals surface area contributed by atoms with E-state index in [-0.39, 0.29) is 17.3 Å². The lowest BCUT2D eigenvalue weighted by atomic mass is 10.2. The number of benzene rings is 1. The van der Waals surface area contributed by atoms with E-state index in [1.165, 1.54) is 18.9 Å². The Hall–Kier alpha value is -2.52. The van der Waals surface area contributed by atoms with Crippen molar-refractivity contribution in [3.8, 4) is 11.5 Å². The van der Waals surface area contributed by atoms with Crippen LogP contribution in [-0.4, -0.2) is 61.0 Å². The first kappa shape index (κ1) is 22.2. The van der Waals surface area contributed by atoms with Gasteiger partial charge in [-0.1, -0.05) is 11.8 Å². The molecule has 0 saturated heterocycles. The lowest BCUT2D eigenvalue weighted by Crippen LogP contribution is -2.31. The van der Waals surface area contributed by atoms with Gasteiger partial charge in [-0.05, 0) is 45.5 Å². The Morgan fingerprint density at radius 3 is 2.77 bits per heavy atom. The third-order valence-electron chi connectivity index (χ3n) is 4.99. The Morgan fingerprint density at radius 1 is 1.27 bits per heavy atom. The molecule has 1 aliphatic carbocycles. The number of hydrogen-bond donors (Lipinski definition) is 1. The lowest BCUT2D eigenvalue weighted by Gasteiger charge is -2.16. The number of fused-ring (bicyclic) bond motifs is 1. The molecular weight excluding hydrogens is 404 g/mol. The Morgan fingerprint density at radius 2 is 2.07 bits per heavy atom. The summed E-state index contributed by atoms with van der Waals surface area (Å²) >= 11 is 1.31. The summed E-state index contributed by atoms with van der Waals surface area (Å²) in [5.41, 5.74) is 2.50. The van der Waals surface area contributed by atoms with Gasteiger partial charge in [0, 0.05) is 30.4 Å². The average Bonchev–Trinajstić information content (AvgIpc) is 3.21. The highest BCUT2D eigenvalue weighted by Gasteiger charge is 2.22. The van der Waals surface area contributed by atoms with Gasteiger partial charge in [0.05, 0.1) is 25.7 Å². The topological polar surface area (TPSA) is 85.7 Å². The minimum Gasteiger partial charge on any atom is -0.497 e. The Labute approximate surface area is 180 Å². The van der Waals surface area contributed by atoms with Gasteiger partial charge in [0.25, 0.3) is 0 Å². The number of hydrogen-bond acceptors (Lipinski definition) is 7. The maximum atomic E-state index is 12.6.